The van der Waals surface area contributed by atoms with Crippen LogP contribution in [0, 0.1) is 0 Å². The molecule has 0 radical (unpaired) electrons. The summed E-state index contributed by atoms with van der Waals surface area (Å²) in [5, 5.41) is 9.62. The van der Waals surface area contributed by atoms with Gasteiger partial charge in [0.2, 0.25) is 0 Å². The molecule has 4 nitrogen and oxygen atoms in total. The van der Waals surface area contributed by atoms with Crippen molar-refractivity contribution in [2.75, 3.05) is 14.2 Å². The van der Waals surface area contributed by atoms with Crippen LogP contribution < -0.4 is 4.74 Å². The van der Waals surface area contributed by atoms with E-state index in [9.17, 15) is 9.90 Å². The van der Waals surface area contributed by atoms with Gasteiger partial charge in [0.05, 0.1) is 20.1 Å². The van der Waals surface area contributed by atoms with E-state index in [0.717, 1.165) is 31.2 Å². The van der Waals surface area contributed by atoms with Crippen LogP contribution in [0.15, 0.2) is 18.2 Å². The highest BCUT2D eigenvalue weighted by atomic mass is 16.5. The zero-order valence-corrected chi connectivity index (χ0v) is 12.5. The molecular weight excluding hydrogens is 256 g/mol. The first-order chi connectivity index (χ1) is 9.63. The Morgan fingerprint density at radius 2 is 2.00 bits per heavy atom. The van der Waals surface area contributed by atoms with Crippen LogP contribution in [0.4, 0.5) is 0 Å². The first kappa shape index (κ1) is 16.3. The van der Waals surface area contributed by atoms with Crippen LogP contribution in [-0.4, -0.2) is 25.3 Å². The smallest absolute Gasteiger partial charge is 0.313 e. The largest absolute Gasteiger partial charge is 0.504 e. The first-order valence-electron chi connectivity index (χ1n) is 7.08. The number of aromatic hydroxyl groups is 1. The highest BCUT2D eigenvalue weighted by Crippen LogP contribution is 2.32. The summed E-state index contributed by atoms with van der Waals surface area (Å²) < 4.78 is 9.98. The molecule has 4 heteroatoms. The van der Waals surface area contributed by atoms with Gasteiger partial charge in [-0.2, -0.15) is 0 Å². The summed E-state index contributed by atoms with van der Waals surface area (Å²) in [5.74, 6) is -0.0867. The molecule has 0 aliphatic rings. The Morgan fingerprint density at radius 1 is 1.25 bits per heavy atom. The van der Waals surface area contributed by atoms with Crippen molar-refractivity contribution < 1.29 is 19.4 Å². The maximum absolute atomic E-state index is 11.9. The lowest BCUT2D eigenvalue weighted by molar-refractivity contribution is -0.142. The van der Waals surface area contributed by atoms with Crippen molar-refractivity contribution in [1.29, 1.82) is 0 Å². The minimum atomic E-state index is -0.300. The molecule has 112 valence electrons. The fourth-order valence-corrected chi connectivity index (χ4v) is 2.25. The number of esters is 1. The molecule has 0 saturated heterocycles. The Bertz CT molecular complexity index is 428. The second-order valence-electron chi connectivity index (χ2n) is 4.86. The third-order valence-corrected chi connectivity index (χ3v) is 3.44. The van der Waals surface area contributed by atoms with Crippen LogP contribution in [0.3, 0.4) is 0 Å². The van der Waals surface area contributed by atoms with Crippen LogP contribution in [0.5, 0.6) is 11.5 Å². The molecule has 0 aliphatic heterocycles. The molecule has 0 heterocycles. The molecule has 0 spiro atoms. The van der Waals surface area contributed by atoms with Gasteiger partial charge >= 0.3 is 5.97 Å². The van der Waals surface area contributed by atoms with Crippen LogP contribution in [0.1, 0.15) is 50.5 Å². The van der Waals surface area contributed by atoms with E-state index in [1.54, 1.807) is 18.2 Å². The Balaban J connectivity index is 2.84. The lowest BCUT2D eigenvalue weighted by Gasteiger charge is -2.16. The zero-order chi connectivity index (χ0) is 15.0. The molecule has 0 aromatic heterocycles. The highest BCUT2D eigenvalue weighted by Gasteiger charge is 2.22. The van der Waals surface area contributed by atoms with Crippen molar-refractivity contribution in [3.63, 3.8) is 0 Å². The van der Waals surface area contributed by atoms with Crippen LogP contribution in [-0.2, 0) is 9.53 Å². The fourth-order valence-electron chi connectivity index (χ4n) is 2.25. The number of carbonyl (C=O) groups excluding carboxylic acids is 1. The van der Waals surface area contributed by atoms with Crippen molar-refractivity contribution in [2.45, 2.75) is 44.9 Å². The number of hydrogen-bond donors (Lipinski definition) is 1. The molecule has 0 aliphatic carbocycles. The Morgan fingerprint density at radius 3 is 2.60 bits per heavy atom. The second-order valence-corrected chi connectivity index (χ2v) is 4.86. The number of hydrogen-bond acceptors (Lipinski definition) is 4. The highest BCUT2D eigenvalue weighted by molar-refractivity contribution is 5.78. The normalized spacial score (nSPS) is 11.9. The topological polar surface area (TPSA) is 55.8 Å². The Kier molecular flexibility index (Phi) is 6.91. The summed E-state index contributed by atoms with van der Waals surface area (Å²) in [7, 11) is 2.90. The molecule has 0 fully saturated rings. The summed E-state index contributed by atoms with van der Waals surface area (Å²) in [5.41, 5.74) is 0.822. The average Bonchev–Trinajstić information content (AvgIpc) is 2.47. The molecule has 20 heavy (non-hydrogen) atoms. The molecule has 1 unspecified atom stereocenters. The van der Waals surface area contributed by atoms with Gasteiger partial charge in [-0.15, -0.1) is 0 Å². The maximum atomic E-state index is 11.9. The van der Waals surface area contributed by atoms with Gasteiger partial charge in [-0.05, 0) is 24.1 Å². The third-order valence-electron chi connectivity index (χ3n) is 3.44. The zero-order valence-electron chi connectivity index (χ0n) is 12.5. The first-order valence-corrected chi connectivity index (χ1v) is 7.08. The molecule has 0 amide bonds. The molecule has 1 atom stereocenters. The minimum absolute atomic E-state index is 0.0749. The van der Waals surface area contributed by atoms with Crippen LogP contribution in [0.25, 0.3) is 0 Å². The van der Waals surface area contributed by atoms with Gasteiger partial charge in [-0.3, -0.25) is 4.79 Å². The standard InChI is InChI=1S/C16H24O4/c1-4-5-6-7-8-13(16(18)20-3)12-9-10-14(17)15(11-12)19-2/h9-11,13,17H,4-8H2,1-3H3. The Hall–Kier alpha value is -1.71. The lowest BCUT2D eigenvalue weighted by Crippen LogP contribution is -2.14. The summed E-state index contributed by atoms with van der Waals surface area (Å²) in [6.45, 7) is 2.16. The number of rotatable bonds is 8. The number of carbonyl (C=O) groups is 1. The fraction of sp³-hybridized carbons (Fsp3) is 0.562. The van der Waals surface area contributed by atoms with Gasteiger partial charge in [0.25, 0.3) is 0 Å². The van der Waals surface area contributed by atoms with E-state index in [0.29, 0.717) is 5.75 Å². The number of benzene rings is 1. The van der Waals surface area contributed by atoms with E-state index in [1.165, 1.54) is 20.6 Å². The van der Waals surface area contributed by atoms with Gasteiger partial charge in [0, 0.05) is 0 Å². The molecule has 0 saturated carbocycles. The van der Waals surface area contributed by atoms with Gasteiger partial charge < -0.3 is 14.6 Å². The molecule has 1 aromatic rings. The summed E-state index contributed by atoms with van der Waals surface area (Å²) >= 11 is 0. The monoisotopic (exact) mass is 280 g/mol. The molecule has 1 rings (SSSR count). The number of phenolic OH excluding ortho intramolecular Hbond substituents is 1. The second kappa shape index (κ2) is 8.46. The van der Waals surface area contributed by atoms with Gasteiger partial charge in [-0.1, -0.05) is 38.7 Å². The van der Waals surface area contributed by atoms with E-state index in [1.807, 2.05) is 0 Å². The minimum Gasteiger partial charge on any atom is -0.504 e. The van der Waals surface area contributed by atoms with Crippen molar-refractivity contribution in [3.8, 4) is 11.5 Å². The Labute approximate surface area is 120 Å². The van der Waals surface area contributed by atoms with Gasteiger partial charge in [-0.25, -0.2) is 0 Å². The average molecular weight is 280 g/mol. The lowest BCUT2D eigenvalue weighted by atomic mass is 9.92. The quantitative estimate of drug-likeness (QED) is 0.583. The molecule has 1 N–H and O–H groups in total. The summed E-state index contributed by atoms with van der Waals surface area (Å²) in [6, 6.07) is 5.01. The van der Waals surface area contributed by atoms with E-state index >= 15 is 0 Å². The molecule has 0 bridgehead atoms. The van der Waals surface area contributed by atoms with E-state index < -0.39 is 0 Å². The summed E-state index contributed by atoms with van der Waals surface area (Å²) in [6.07, 6.45) is 5.18. The van der Waals surface area contributed by atoms with Crippen molar-refractivity contribution in [2.24, 2.45) is 0 Å². The van der Waals surface area contributed by atoms with E-state index in [4.69, 9.17) is 9.47 Å². The van der Waals surface area contributed by atoms with Gasteiger partial charge in [0.1, 0.15) is 0 Å². The third kappa shape index (κ3) is 4.44. The van der Waals surface area contributed by atoms with E-state index in [-0.39, 0.29) is 17.6 Å². The van der Waals surface area contributed by atoms with Crippen LogP contribution in [0.2, 0.25) is 0 Å². The molecule has 1 aromatic carbocycles. The number of ether oxygens (including phenoxy) is 2. The SMILES string of the molecule is CCCCCCC(C(=O)OC)c1ccc(O)c(OC)c1. The summed E-state index contributed by atoms with van der Waals surface area (Å²) in [4.78, 5) is 11.9. The van der Waals surface area contributed by atoms with Crippen molar-refractivity contribution in [1.82, 2.24) is 0 Å². The van der Waals surface area contributed by atoms with Crippen molar-refractivity contribution in [3.05, 3.63) is 23.8 Å². The number of unbranched alkanes of at least 4 members (excludes halogenated alkanes) is 3. The predicted octanol–water partition coefficient (Wildman–Crippen LogP) is 3.63. The predicted molar refractivity (Wildman–Crippen MR) is 78.2 cm³/mol. The van der Waals surface area contributed by atoms with Gasteiger partial charge in [0.15, 0.2) is 11.5 Å². The van der Waals surface area contributed by atoms with Crippen molar-refractivity contribution >= 4 is 5.97 Å². The van der Waals surface area contributed by atoms with E-state index in [2.05, 4.69) is 6.92 Å². The van der Waals surface area contributed by atoms with Crippen LogP contribution >= 0.6 is 0 Å². The molecular formula is C16H24O4. The number of methoxy groups -OCH3 is 2. The maximum Gasteiger partial charge on any atom is 0.313 e. The number of phenols is 1.